The summed E-state index contributed by atoms with van der Waals surface area (Å²) in [5.74, 6) is -0.804. The van der Waals surface area contributed by atoms with Gasteiger partial charge in [-0.1, -0.05) is 17.7 Å². The molecule has 0 atom stereocenters. The summed E-state index contributed by atoms with van der Waals surface area (Å²) in [5.41, 5.74) is 4.50. The minimum atomic E-state index is -3.84. The van der Waals surface area contributed by atoms with Gasteiger partial charge >= 0.3 is 5.97 Å². The Morgan fingerprint density at radius 3 is 2.22 bits per heavy atom. The van der Waals surface area contributed by atoms with E-state index in [0.717, 1.165) is 22.4 Å². The molecule has 2 aromatic carbocycles. The summed E-state index contributed by atoms with van der Waals surface area (Å²) in [6.07, 6.45) is 0. The van der Waals surface area contributed by atoms with Gasteiger partial charge in [-0.25, -0.2) is 23.3 Å². The van der Waals surface area contributed by atoms with Gasteiger partial charge in [0.05, 0.1) is 21.8 Å². The largest absolute Gasteiger partial charge is 0.456 e. The number of hydrogen-bond acceptors (Lipinski definition) is 7. The molecule has 0 aliphatic carbocycles. The van der Waals surface area contributed by atoms with Gasteiger partial charge in [-0.05, 0) is 56.2 Å². The molecule has 0 bridgehead atoms. The van der Waals surface area contributed by atoms with Gasteiger partial charge in [0.2, 0.25) is 15.9 Å². The Kier molecular flexibility index (Phi) is 6.77. The highest BCUT2D eigenvalue weighted by Gasteiger charge is 2.22. The van der Waals surface area contributed by atoms with Crippen LogP contribution in [0.25, 0.3) is 0 Å². The number of primary sulfonamides is 1. The number of sulfonamides is 1. The molecule has 0 saturated heterocycles. The van der Waals surface area contributed by atoms with Crippen LogP contribution in [-0.2, 0) is 26.2 Å². The van der Waals surface area contributed by atoms with Crippen molar-refractivity contribution in [1.29, 1.82) is 0 Å². The normalized spacial score (nSPS) is 11.3. The Bertz CT molecular complexity index is 1260. The lowest BCUT2D eigenvalue weighted by Crippen LogP contribution is -2.24. The summed E-state index contributed by atoms with van der Waals surface area (Å²) >= 11 is 1.28. The average Bonchev–Trinajstić information content (AvgIpc) is 3.16. The molecule has 0 fully saturated rings. The number of thiazole rings is 1. The van der Waals surface area contributed by atoms with Crippen LogP contribution in [0.2, 0.25) is 0 Å². The molecule has 0 unspecified atom stereocenters. The molecule has 0 saturated carbocycles. The van der Waals surface area contributed by atoms with Gasteiger partial charge < -0.3 is 4.74 Å². The van der Waals surface area contributed by atoms with Crippen LogP contribution in [0.5, 0.6) is 0 Å². The van der Waals surface area contributed by atoms with Crippen LogP contribution in [0.4, 0.5) is 10.8 Å². The van der Waals surface area contributed by atoms with E-state index in [-0.39, 0.29) is 23.0 Å². The van der Waals surface area contributed by atoms with E-state index in [9.17, 15) is 18.0 Å². The zero-order valence-corrected chi connectivity index (χ0v) is 19.7. The molecule has 0 spiro atoms. The first-order chi connectivity index (χ1) is 15.0. The minimum Gasteiger partial charge on any atom is -0.456 e. The van der Waals surface area contributed by atoms with E-state index >= 15 is 0 Å². The highest BCUT2D eigenvalue weighted by molar-refractivity contribution is 7.89. The maximum absolute atomic E-state index is 12.4. The predicted octanol–water partition coefficient (Wildman–Crippen LogP) is 3.76. The number of ether oxygens (including phenoxy) is 1. The average molecular weight is 474 g/mol. The SMILES string of the molecule is CC(=O)N(c1nc(COC(=O)c2ccc(S(N)(=O)=O)cc2)cs1)c1c(C)cc(C)cc1C. The lowest BCUT2D eigenvalue weighted by atomic mass is 10.0. The summed E-state index contributed by atoms with van der Waals surface area (Å²) in [7, 11) is -3.84. The van der Waals surface area contributed by atoms with Crippen molar-refractivity contribution in [3.63, 3.8) is 0 Å². The number of aromatic nitrogens is 1. The molecular formula is C22H23N3O5S2. The van der Waals surface area contributed by atoms with Gasteiger partial charge in [-0.3, -0.25) is 9.69 Å². The van der Waals surface area contributed by atoms with Crippen molar-refractivity contribution in [2.24, 2.45) is 5.14 Å². The number of aryl methyl sites for hydroxylation is 3. The van der Waals surface area contributed by atoms with Crippen LogP contribution >= 0.6 is 11.3 Å². The number of carbonyl (C=O) groups is 2. The van der Waals surface area contributed by atoms with E-state index < -0.39 is 16.0 Å². The summed E-state index contributed by atoms with van der Waals surface area (Å²) in [6.45, 7) is 7.28. The topological polar surface area (TPSA) is 120 Å². The van der Waals surface area contributed by atoms with Crippen LogP contribution in [-0.4, -0.2) is 25.3 Å². The van der Waals surface area contributed by atoms with E-state index in [2.05, 4.69) is 4.98 Å². The van der Waals surface area contributed by atoms with Crippen molar-refractivity contribution in [1.82, 2.24) is 4.98 Å². The van der Waals surface area contributed by atoms with E-state index in [4.69, 9.17) is 9.88 Å². The number of esters is 1. The lowest BCUT2D eigenvalue weighted by molar-refractivity contribution is -0.115. The third-order valence-corrected chi connectivity index (χ3v) is 6.48. The molecule has 1 heterocycles. The third kappa shape index (κ3) is 5.21. The second kappa shape index (κ2) is 9.19. The van der Waals surface area contributed by atoms with Crippen LogP contribution in [0, 0.1) is 20.8 Å². The van der Waals surface area contributed by atoms with E-state index in [1.54, 1.807) is 10.3 Å². The van der Waals surface area contributed by atoms with Crippen LogP contribution in [0.1, 0.15) is 39.7 Å². The molecule has 3 rings (SSSR count). The Morgan fingerprint density at radius 2 is 1.69 bits per heavy atom. The number of carbonyl (C=O) groups excluding carboxylic acids is 2. The van der Waals surface area contributed by atoms with Gasteiger partial charge in [0.1, 0.15) is 6.61 Å². The van der Waals surface area contributed by atoms with Crippen LogP contribution in [0.3, 0.4) is 0 Å². The molecule has 0 radical (unpaired) electrons. The fourth-order valence-corrected chi connectivity index (χ4v) is 4.75. The molecule has 1 aromatic heterocycles. The summed E-state index contributed by atoms with van der Waals surface area (Å²) in [4.78, 5) is 30.7. The maximum Gasteiger partial charge on any atom is 0.338 e. The van der Waals surface area contributed by atoms with Crippen LogP contribution in [0.15, 0.2) is 46.7 Å². The minimum absolute atomic E-state index is 0.0933. The Hall–Kier alpha value is -3.08. The molecule has 0 aliphatic rings. The summed E-state index contributed by atoms with van der Waals surface area (Å²) in [5, 5.41) is 7.26. The molecule has 10 heteroatoms. The first kappa shape index (κ1) is 23.6. The zero-order valence-electron chi connectivity index (χ0n) is 18.1. The highest BCUT2D eigenvalue weighted by Crippen LogP contribution is 2.34. The molecule has 168 valence electrons. The number of nitrogens with zero attached hydrogens (tertiary/aromatic N) is 2. The van der Waals surface area contributed by atoms with E-state index in [1.165, 1.54) is 42.5 Å². The molecule has 2 N–H and O–H groups in total. The fraction of sp³-hybridized carbons (Fsp3) is 0.227. The number of anilines is 2. The molecule has 0 aliphatic heterocycles. The predicted molar refractivity (Wildman–Crippen MR) is 123 cm³/mol. The van der Waals surface area contributed by atoms with Crippen molar-refractivity contribution < 1.29 is 22.7 Å². The number of rotatable bonds is 6. The van der Waals surface area contributed by atoms with Gasteiger partial charge in [0.25, 0.3) is 0 Å². The van der Waals surface area contributed by atoms with Crippen molar-refractivity contribution in [3.8, 4) is 0 Å². The monoisotopic (exact) mass is 473 g/mol. The molecule has 32 heavy (non-hydrogen) atoms. The molecule has 8 nitrogen and oxygen atoms in total. The lowest BCUT2D eigenvalue weighted by Gasteiger charge is -2.23. The Balaban J connectivity index is 1.76. The molecular weight excluding hydrogens is 450 g/mol. The zero-order chi connectivity index (χ0) is 23.6. The summed E-state index contributed by atoms with van der Waals surface area (Å²) in [6, 6.07) is 9.16. The van der Waals surface area contributed by atoms with Gasteiger partial charge in [0.15, 0.2) is 5.13 Å². The second-order valence-electron chi connectivity index (χ2n) is 7.37. The first-order valence-corrected chi connectivity index (χ1v) is 12.0. The Labute approximate surface area is 190 Å². The van der Waals surface area contributed by atoms with Gasteiger partial charge in [0, 0.05) is 12.3 Å². The molecule has 1 amide bonds. The van der Waals surface area contributed by atoms with E-state index in [1.807, 2.05) is 32.9 Å². The molecule has 3 aromatic rings. The van der Waals surface area contributed by atoms with Gasteiger partial charge in [-0.15, -0.1) is 11.3 Å². The maximum atomic E-state index is 12.4. The van der Waals surface area contributed by atoms with Gasteiger partial charge in [-0.2, -0.15) is 0 Å². The second-order valence-corrected chi connectivity index (χ2v) is 9.77. The smallest absolute Gasteiger partial charge is 0.338 e. The fourth-order valence-electron chi connectivity index (χ4n) is 3.38. The highest BCUT2D eigenvalue weighted by atomic mass is 32.2. The third-order valence-electron chi connectivity index (χ3n) is 4.67. The van der Waals surface area contributed by atoms with Crippen molar-refractivity contribution in [2.45, 2.75) is 39.2 Å². The number of nitrogens with two attached hydrogens (primary N) is 1. The number of amides is 1. The first-order valence-electron chi connectivity index (χ1n) is 9.60. The van der Waals surface area contributed by atoms with Crippen molar-refractivity contribution in [3.05, 3.63) is 69.7 Å². The van der Waals surface area contributed by atoms with Crippen LogP contribution < -0.4 is 10.0 Å². The van der Waals surface area contributed by atoms with Crippen molar-refractivity contribution in [2.75, 3.05) is 4.90 Å². The Morgan fingerprint density at radius 1 is 1.09 bits per heavy atom. The van der Waals surface area contributed by atoms with Crippen molar-refractivity contribution >= 4 is 44.1 Å². The quantitative estimate of drug-likeness (QED) is 0.545. The number of hydrogen-bond donors (Lipinski definition) is 1. The van der Waals surface area contributed by atoms with E-state index in [0.29, 0.717) is 10.8 Å². The summed E-state index contributed by atoms with van der Waals surface area (Å²) < 4.78 is 27.9. The standard InChI is InChI=1S/C22H23N3O5S2/c1-13-9-14(2)20(15(3)10-13)25(16(4)26)22-24-18(12-31-22)11-30-21(27)17-5-7-19(8-6-17)32(23,28)29/h5-10,12H,11H2,1-4H3,(H2,23,28,29). The number of benzene rings is 2.